The molecule has 1 rings (SSSR count). The predicted octanol–water partition coefficient (Wildman–Crippen LogP) is 2.62. The van der Waals surface area contributed by atoms with E-state index in [-0.39, 0.29) is 0 Å². The summed E-state index contributed by atoms with van der Waals surface area (Å²) in [7, 11) is 2.07. The maximum atomic E-state index is 4.37. The molecule has 0 spiro atoms. The van der Waals surface area contributed by atoms with E-state index in [2.05, 4.69) is 49.6 Å². The van der Waals surface area contributed by atoms with E-state index in [0.29, 0.717) is 6.04 Å². The van der Waals surface area contributed by atoms with Gasteiger partial charge in [-0.1, -0.05) is 27.7 Å². The Hall–Kier alpha value is -0.830. The number of hydrogen-bond acceptors (Lipinski definition) is 2. The van der Waals surface area contributed by atoms with Crippen LogP contribution in [-0.4, -0.2) is 22.1 Å². The third-order valence-electron chi connectivity index (χ3n) is 3.56. The number of nitrogens with zero attached hydrogens (tertiary/aromatic N) is 2. The molecule has 0 saturated carbocycles. The minimum absolute atomic E-state index is 0.583. The van der Waals surface area contributed by atoms with Gasteiger partial charge in [-0.05, 0) is 24.8 Å². The van der Waals surface area contributed by atoms with E-state index >= 15 is 0 Å². The highest BCUT2D eigenvalue weighted by atomic mass is 15.0. The maximum absolute atomic E-state index is 4.37. The van der Waals surface area contributed by atoms with Gasteiger partial charge in [0.05, 0.1) is 0 Å². The summed E-state index contributed by atoms with van der Waals surface area (Å²) in [6, 6.07) is 0.583. The van der Waals surface area contributed by atoms with Crippen LogP contribution in [0.25, 0.3) is 0 Å². The van der Waals surface area contributed by atoms with E-state index in [4.69, 9.17) is 0 Å². The first-order chi connectivity index (χ1) is 8.00. The molecule has 0 amide bonds. The number of nitrogens with one attached hydrogen (secondary N) is 1. The number of aromatic nitrogens is 2. The van der Waals surface area contributed by atoms with Gasteiger partial charge in [-0.15, -0.1) is 0 Å². The molecule has 1 heterocycles. The molecule has 17 heavy (non-hydrogen) atoms. The molecule has 0 saturated heterocycles. The second-order valence-corrected chi connectivity index (χ2v) is 5.51. The van der Waals surface area contributed by atoms with Gasteiger partial charge in [-0.25, -0.2) is 4.98 Å². The Bertz CT molecular complexity index is 317. The van der Waals surface area contributed by atoms with Gasteiger partial charge in [0, 0.05) is 31.9 Å². The number of imidazole rings is 1. The van der Waals surface area contributed by atoms with E-state index in [9.17, 15) is 0 Å². The fourth-order valence-electron chi connectivity index (χ4n) is 1.90. The van der Waals surface area contributed by atoms with E-state index in [1.165, 1.54) is 12.2 Å². The molecule has 2 atom stereocenters. The first-order valence-corrected chi connectivity index (χ1v) is 6.70. The Labute approximate surface area is 106 Å². The third-order valence-corrected chi connectivity index (χ3v) is 3.56. The van der Waals surface area contributed by atoms with Crippen LogP contribution in [0.3, 0.4) is 0 Å². The van der Waals surface area contributed by atoms with Gasteiger partial charge in [-0.2, -0.15) is 0 Å². The van der Waals surface area contributed by atoms with Crippen LogP contribution in [0.15, 0.2) is 12.4 Å². The molecule has 2 unspecified atom stereocenters. The van der Waals surface area contributed by atoms with Crippen LogP contribution < -0.4 is 5.32 Å². The molecule has 1 aromatic rings. The molecular weight excluding hydrogens is 210 g/mol. The van der Waals surface area contributed by atoms with Crippen LogP contribution in [0.2, 0.25) is 0 Å². The zero-order chi connectivity index (χ0) is 12.8. The average molecular weight is 237 g/mol. The summed E-state index contributed by atoms with van der Waals surface area (Å²) in [5.74, 6) is 2.65. The quantitative estimate of drug-likeness (QED) is 0.790. The van der Waals surface area contributed by atoms with E-state index in [0.717, 1.165) is 24.8 Å². The fraction of sp³-hybridized carbons (Fsp3) is 0.786. The van der Waals surface area contributed by atoms with E-state index in [1.54, 1.807) is 0 Å². The molecule has 0 bridgehead atoms. The smallest absolute Gasteiger partial charge is 0.108 e. The summed E-state index contributed by atoms with van der Waals surface area (Å²) < 4.78 is 2.11. The van der Waals surface area contributed by atoms with Crippen molar-refractivity contribution in [2.45, 2.75) is 46.6 Å². The Balaban J connectivity index is 2.29. The highest BCUT2D eigenvalue weighted by Crippen LogP contribution is 2.16. The maximum Gasteiger partial charge on any atom is 0.108 e. The van der Waals surface area contributed by atoms with Crippen molar-refractivity contribution in [3.8, 4) is 0 Å². The zero-order valence-corrected chi connectivity index (χ0v) is 11.9. The van der Waals surface area contributed by atoms with Crippen molar-refractivity contribution in [3.05, 3.63) is 18.2 Å². The lowest BCUT2D eigenvalue weighted by molar-refractivity contribution is 0.336. The normalized spacial score (nSPS) is 15.2. The van der Waals surface area contributed by atoms with Gasteiger partial charge in [0.15, 0.2) is 0 Å². The monoisotopic (exact) mass is 237 g/mol. The Morgan fingerprint density at radius 3 is 2.47 bits per heavy atom. The first kappa shape index (κ1) is 14.2. The zero-order valence-electron chi connectivity index (χ0n) is 11.9. The third kappa shape index (κ3) is 4.90. The van der Waals surface area contributed by atoms with Crippen molar-refractivity contribution >= 4 is 0 Å². The molecular formula is C14H27N3. The highest BCUT2D eigenvalue weighted by Gasteiger charge is 2.13. The van der Waals surface area contributed by atoms with Gasteiger partial charge in [0.2, 0.25) is 0 Å². The summed E-state index contributed by atoms with van der Waals surface area (Å²) >= 11 is 0. The molecule has 0 aliphatic rings. The minimum Gasteiger partial charge on any atom is -0.338 e. The van der Waals surface area contributed by atoms with E-state index in [1.807, 2.05) is 12.4 Å². The summed E-state index contributed by atoms with van der Waals surface area (Å²) in [6.45, 7) is 10.2. The second kappa shape index (κ2) is 6.80. The molecule has 1 N–H and O–H groups in total. The van der Waals surface area contributed by atoms with Crippen molar-refractivity contribution in [2.75, 3.05) is 6.54 Å². The molecule has 3 nitrogen and oxygen atoms in total. The lowest BCUT2D eigenvalue weighted by Gasteiger charge is -2.21. The Morgan fingerprint density at radius 1 is 1.24 bits per heavy atom. The van der Waals surface area contributed by atoms with Gasteiger partial charge < -0.3 is 9.88 Å². The lowest BCUT2D eigenvalue weighted by Crippen LogP contribution is -2.30. The van der Waals surface area contributed by atoms with Crippen molar-refractivity contribution < 1.29 is 0 Å². The van der Waals surface area contributed by atoms with Gasteiger partial charge in [-0.3, -0.25) is 0 Å². The topological polar surface area (TPSA) is 29.9 Å². The molecule has 0 fully saturated rings. The van der Waals surface area contributed by atoms with Crippen LogP contribution >= 0.6 is 0 Å². The van der Waals surface area contributed by atoms with Crippen LogP contribution in [-0.2, 0) is 13.5 Å². The molecule has 0 radical (unpaired) electrons. The van der Waals surface area contributed by atoms with Crippen LogP contribution in [0.4, 0.5) is 0 Å². The van der Waals surface area contributed by atoms with E-state index < -0.39 is 0 Å². The summed E-state index contributed by atoms with van der Waals surface area (Å²) in [6.07, 6.45) is 6.19. The Kier molecular flexibility index (Phi) is 5.69. The lowest BCUT2D eigenvalue weighted by atomic mass is 9.91. The average Bonchev–Trinajstić information content (AvgIpc) is 2.68. The van der Waals surface area contributed by atoms with Gasteiger partial charge in [0.1, 0.15) is 5.82 Å². The molecule has 3 heteroatoms. The summed E-state index contributed by atoms with van der Waals surface area (Å²) in [4.78, 5) is 4.37. The largest absolute Gasteiger partial charge is 0.338 e. The number of rotatable bonds is 7. The molecule has 98 valence electrons. The highest BCUT2D eigenvalue weighted by molar-refractivity contribution is 4.91. The van der Waals surface area contributed by atoms with Crippen molar-refractivity contribution in [1.29, 1.82) is 0 Å². The SMILES string of the molecule is CC(C)NCC(C)C(C)CCc1nccn1C. The van der Waals surface area contributed by atoms with Gasteiger partial charge in [0.25, 0.3) is 0 Å². The first-order valence-electron chi connectivity index (χ1n) is 6.70. The second-order valence-electron chi connectivity index (χ2n) is 5.51. The van der Waals surface area contributed by atoms with Gasteiger partial charge >= 0.3 is 0 Å². The Morgan fingerprint density at radius 2 is 1.94 bits per heavy atom. The summed E-state index contributed by atoms with van der Waals surface area (Å²) in [5, 5.41) is 3.51. The van der Waals surface area contributed by atoms with Crippen LogP contribution in [0.5, 0.6) is 0 Å². The molecule has 1 aromatic heterocycles. The van der Waals surface area contributed by atoms with Crippen molar-refractivity contribution in [3.63, 3.8) is 0 Å². The molecule has 0 aromatic carbocycles. The summed E-state index contributed by atoms with van der Waals surface area (Å²) in [5.41, 5.74) is 0. The van der Waals surface area contributed by atoms with Crippen LogP contribution in [0, 0.1) is 11.8 Å². The van der Waals surface area contributed by atoms with Crippen LogP contribution in [0.1, 0.15) is 39.9 Å². The van der Waals surface area contributed by atoms with Crippen molar-refractivity contribution in [1.82, 2.24) is 14.9 Å². The van der Waals surface area contributed by atoms with Crippen molar-refractivity contribution in [2.24, 2.45) is 18.9 Å². The molecule has 0 aliphatic carbocycles. The minimum atomic E-state index is 0.583. The molecule has 0 aliphatic heterocycles. The number of hydrogen-bond donors (Lipinski definition) is 1. The predicted molar refractivity (Wildman–Crippen MR) is 73.0 cm³/mol. The standard InChI is InChI=1S/C14H27N3/c1-11(2)16-10-13(4)12(3)6-7-14-15-8-9-17(14)5/h8-9,11-13,16H,6-7,10H2,1-5H3. The fourth-order valence-corrected chi connectivity index (χ4v) is 1.90. The number of aryl methyl sites for hydroxylation is 2.